The summed E-state index contributed by atoms with van der Waals surface area (Å²) in [6.45, 7) is 0.601. The topological polar surface area (TPSA) is 9.23 Å². The molecule has 0 aromatic heterocycles. The molecule has 0 bridgehead atoms. The first-order chi connectivity index (χ1) is 8.84. The van der Waals surface area contributed by atoms with Crippen LogP contribution in [0.5, 0.6) is 5.75 Å². The summed E-state index contributed by atoms with van der Waals surface area (Å²) in [6.07, 6.45) is 5.32. The predicted octanol–water partition coefficient (Wildman–Crippen LogP) is 4.60. The number of hydrogen-bond donors (Lipinski definition) is 0. The minimum absolute atomic E-state index is 0.601. The molecule has 18 heavy (non-hydrogen) atoms. The zero-order valence-electron chi connectivity index (χ0n) is 9.90. The van der Waals surface area contributed by atoms with Gasteiger partial charge in [0.1, 0.15) is 12.4 Å². The zero-order valence-corrected chi connectivity index (χ0v) is 11.5. The summed E-state index contributed by atoms with van der Waals surface area (Å²) in [4.78, 5) is 0. The van der Waals surface area contributed by atoms with E-state index in [1.165, 1.54) is 16.7 Å². The Bertz CT molecular complexity index is 588. The highest BCUT2D eigenvalue weighted by Crippen LogP contribution is 2.36. The highest BCUT2D eigenvalue weighted by atomic mass is 79.9. The summed E-state index contributed by atoms with van der Waals surface area (Å²) in [7, 11) is 0. The van der Waals surface area contributed by atoms with Crippen LogP contribution in [0.2, 0.25) is 0 Å². The summed E-state index contributed by atoms with van der Waals surface area (Å²) in [5.41, 5.74) is 3.73. The fraction of sp³-hybridized carbons (Fsp3) is 0.125. The van der Waals surface area contributed by atoms with Gasteiger partial charge in [-0.3, -0.25) is 0 Å². The molecular weight excluding hydrogens is 288 g/mol. The van der Waals surface area contributed by atoms with Gasteiger partial charge in [-0.15, -0.1) is 0 Å². The van der Waals surface area contributed by atoms with Crippen LogP contribution >= 0.6 is 15.9 Å². The van der Waals surface area contributed by atoms with Crippen LogP contribution in [0.25, 0.3) is 6.08 Å². The molecule has 2 heteroatoms. The molecule has 0 unspecified atom stereocenters. The summed E-state index contributed by atoms with van der Waals surface area (Å²) >= 11 is 3.56. The van der Waals surface area contributed by atoms with Crippen LogP contribution in [0.4, 0.5) is 0 Å². The van der Waals surface area contributed by atoms with Gasteiger partial charge in [0, 0.05) is 5.56 Å². The van der Waals surface area contributed by atoms with E-state index in [1.807, 2.05) is 18.2 Å². The first kappa shape index (κ1) is 11.5. The fourth-order valence-electron chi connectivity index (χ4n) is 2.15. The molecule has 0 N–H and O–H groups in total. The first-order valence-electron chi connectivity index (χ1n) is 5.99. The van der Waals surface area contributed by atoms with Crippen LogP contribution in [0.3, 0.4) is 0 Å². The van der Waals surface area contributed by atoms with Gasteiger partial charge in [0.25, 0.3) is 0 Å². The van der Waals surface area contributed by atoms with Crippen molar-refractivity contribution in [2.75, 3.05) is 0 Å². The standard InChI is InChI=1S/C16H13BrO/c17-15-10-9-13-7-4-8-14(13)16(15)18-11-12-5-2-1-3-6-12/h1-6,8-10H,7,11H2. The van der Waals surface area contributed by atoms with E-state index < -0.39 is 0 Å². The third-order valence-corrected chi connectivity index (χ3v) is 3.71. The van der Waals surface area contributed by atoms with Gasteiger partial charge >= 0.3 is 0 Å². The Kier molecular flexibility index (Phi) is 3.20. The van der Waals surface area contributed by atoms with Crippen molar-refractivity contribution in [1.82, 2.24) is 0 Å². The van der Waals surface area contributed by atoms with E-state index in [1.54, 1.807) is 0 Å². The summed E-state index contributed by atoms with van der Waals surface area (Å²) < 4.78 is 6.98. The second-order valence-electron chi connectivity index (χ2n) is 4.33. The summed E-state index contributed by atoms with van der Waals surface area (Å²) in [5, 5.41) is 0. The number of ether oxygens (including phenoxy) is 1. The lowest BCUT2D eigenvalue weighted by molar-refractivity contribution is 0.303. The molecule has 1 aliphatic carbocycles. The molecule has 0 amide bonds. The highest BCUT2D eigenvalue weighted by molar-refractivity contribution is 9.10. The number of rotatable bonds is 3. The van der Waals surface area contributed by atoms with E-state index in [9.17, 15) is 0 Å². The van der Waals surface area contributed by atoms with Crippen molar-refractivity contribution in [3.8, 4) is 5.75 Å². The average Bonchev–Trinajstić information content (AvgIpc) is 2.87. The number of fused-ring (bicyclic) bond motifs is 1. The maximum Gasteiger partial charge on any atom is 0.141 e. The van der Waals surface area contributed by atoms with Crippen molar-refractivity contribution in [2.45, 2.75) is 13.0 Å². The Morgan fingerprint density at radius 2 is 1.89 bits per heavy atom. The minimum atomic E-state index is 0.601. The van der Waals surface area contributed by atoms with Gasteiger partial charge in [0.05, 0.1) is 4.47 Å². The van der Waals surface area contributed by atoms with E-state index in [0.29, 0.717) is 6.61 Å². The number of benzene rings is 2. The molecule has 0 spiro atoms. The smallest absolute Gasteiger partial charge is 0.141 e. The van der Waals surface area contributed by atoms with E-state index in [0.717, 1.165) is 16.6 Å². The van der Waals surface area contributed by atoms with Crippen LogP contribution in [0.1, 0.15) is 16.7 Å². The molecule has 1 nitrogen and oxygen atoms in total. The van der Waals surface area contributed by atoms with Crippen LogP contribution in [-0.4, -0.2) is 0 Å². The van der Waals surface area contributed by atoms with Gasteiger partial charge in [0.15, 0.2) is 0 Å². The van der Waals surface area contributed by atoms with Gasteiger partial charge in [-0.2, -0.15) is 0 Å². The third-order valence-electron chi connectivity index (χ3n) is 3.09. The molecule has 0 atom stereocenters. The quantitative estimate of drug-likeness (QED) is 0.805. The minimum Gasteiger partial charge on any atom is -0.487 e. The van der Waals surface area contributed by atoms with E-state index in [4.69, 9.17) is 4.74 Å². The zero-order chi connectivity index (χ0) is 12.4. The largest absolute Gasteiger partial charge is 0.487 e. The van der Waals surface area contributed by atoms with Gasteiger partial charge in [-0.25, -0.2) is 0 Å². The molecule has 3 rings (SSSR count). The van der Waals surface area contributed by atoms with Crippen molar-refractivity contribution in [2.24, 2.45) is 0 Å². The van der Waals surface area contributed by atoms with Gasteiger partial charge < -0.3 is 4.74 Å². The highest BCUT2D eigenvalue weighted by Gasteiger charge is 2.14. The molecule has 0 saturated carbocycles. The van der Waals surface area contributed by atoms with E-state index >= 15 is 0 Å². The Labute approximate surface area is 115 Å². The normalized spacial score (nSPS) is 12.5. The molecule has 90 valence electrons. The second kappa shape index (κ2) is 4.99. The lowest BCUT2D eigenvalue weighted by atomic mass is 10.1. The fourth-order valence-corrected chi connectivity index (χ4v) is 2.61. The van der Waals surface area contributed by atoms with Crippen LogP contribution < -0.4 is 4.74 Å². The molecule has 0 saturated heterocycles. The maximum atomic E-state index is 5.97. The van der Waals surface area contributed by atoms with Crippen molar-refractivity contribution in [3.63, 3.8) is 0 Å². The van der Waals surface area contributed by atoms with Gasteiger partial charge in [0.2, 0.25) is 0 Å². The Balaban J connectivity index is 1.85. The Morgan fingerprint density at radius 3 is 2.72 bits per heavy atom. The van der Waals surface area contributed by atoms with E-state index in [2.05, 4.69) is 52.3 Å². The SMILES string of the molecule is Brc1ccc2c(c1OCc1ccccc1)C=CC2. The molecule has 0 fully saturated rings. The summed E-state index contributed by atoms with van der Waals surface area (Å²) in [5.74, 6) is 0.949. The third kappa shape index (κ3) is 2.21. The van der Waals surface area contributed by atoms with Gasteiger partial charge in [-0.05, 0) is 39.5 Å². The molecule has 0 aliphatic heterocycles. The number of halogens is 1. The Hall–Kier alpha value is -1.54. The predicted molar refractivity (Wildman–Crippen MR) is 77.7 cm³/mol. The molecule has 2 aromatic rings. The van der Waals surface area contributed by atoms with Crippen molar-refractivity contribution in [1.29, 1.82) is 0 Å². The molecular formula is C16H13BrO. The van der Waals surface area contributed by atoms with Crippen LogP contribution in [-0.2, 0) is 13.0 Å². The number of allylic oxidation sites excluding steroid dienone is 1. The van der Waals surface area contributed by atoms with E-state index in [-0.39, 0.29) is 0 Å². The average molecular weight is 301 g/mol. The number of hydrogen-bond acceptors (Lipinski definition) is 1. The van der Waals surface area contributed by atoms with Crippen molar-refractivity contribution in [3.05, 3.63) is 69.7 Å². The maximum absolute atomic E-state index is 5.97. The molecule has 0 radical (unpaired) electrons. The lowest BCUT2D eigenvalue weighted by Crippen LogP contribution is -1.98. The van der Waals surface area contributed by atoms with Crippen LogP contribution in [0.15, 0.2) is 53.0 Å². The van der Waals surface area contributed by atoms with Crippen molar-refractivity contribution < 1.29 is 4.74 Å². The Morgan fingerprint density at radius 1 is 1.06 bits per heavy atom. The molecule has 2 aromatic carbocycles. The second-order valence-corrected chi connectivity index (χ2v) is 5.18. The van der Waals surface area contributed by atoms with Crippen LogP contribution in [0, 0.1) is 0 Å². The van der Waals surface area contributed by atoms with Gasteiger partial charge in [-0.1, -0.05) is 48.6 Å². The summed E-state index contributed by atoms with van der Waals surface area (Å²) in [6, 6.07) is 14.4. The molecule has 1 aliphatic rings. The monoisotopic (exact) mass is 300 g/mol. The lowest BCUT2D eigenvalue weighted by Gasteiger charge is -2.12. The molecule has 0 heterocycles. The van der Waals surface area contributed by atoms with Crippen molar-refractivity contribution >= 4 is 22.0 Å². The first-order valence-corrected chi connectivity index (χ1v) is 6.78.